The zero-order chi connectivity index (χ0) is 26.9. The number of nitrogens with zero attached hydrogens (tertiary/aromatic N) is 1. The summed E-state index contributed by atoms with van der Waals surface area (Å²) in [6, 6.07) is 30.6. The van der Waals surface area contributed by atoms with E-state index in [4.69, 9.17) is 4.74 Å². The molecule has 2 atom stereocenters. The smallest absolute Gasteiger partial charge is 0.261 e. The number of carbonyl (C=O) groups is 2. The average molecular weight is 574 g/mol. The van der Waals surface area contributed by atoms with Crippen molar-refractivity contribution in [2.24, 2.45) is 0 Å². The van der Waals surface area contributed by atoms with Gasteiger partial charge in [0.1, 0.15) is 11.8 Å². The molecule has 2 amide bonds. The molecule has 4 aromatic rings. The van der Waals surface area contributed by atoms with E-state index in [-0.39, 0.29) is 31.0 Å². The van der Waals surface area contributed by atoms with Gasteiger partial charge in [-0.3, -0.25) is 9.59 Å². The van der Waals surface area contributed by atoms with Gasteiger partial charge in [0.25, 0.3) is 5.91 Å². The molecule has 0 spiro atoms. The van der Waals surface area contributed by atoms with E-state index in [1.54, 1.807) is 4.90 Å². The summed E-state index contributed by atoms with van der Waals surface area (Å²) < 4.78 is 6.99. The average Bonchev–Trinajstić information content (AvgIpc) is 2.94. The summed E-state index contributed by atoms with van der Waals surface area (Å²) in [6.45, 7) is 4.10. The number of ether oxygens (including phenoxy) is 1. The van der Waals surface area contributed by atoms with Crippen molar-refractivity contribution in [1.82, 2.24) is 10.2 Å². The van der Waals surface area contributed by atoms with E-state index in [1.807, 2.05) is 111 Å². The van der Waals surface area contributed by atoms with Crippen molar-refractivity contribution in [2.75, 3.05) is 6.61 Å². The number of rotatable bonds is 11. The second-order valence-electron chi connectivity index (χ2n) is 9.44. The molecule has 0 aliphatic heterocycles. The molecule has 0 aliphatic carbocycles. The maximum atomic E-state index is 13.8. The van der Waals surface area contributed by atoms with Crippen molar-refractivity contribution >= 4 is 38.5 Å². The third-order valence-electron chi connectivity index (χ3n) is 6.61. The minimum atomic E-state index is -0.700. The molecule has 0 fully saturated rings. The number of benzene rings is 4. The molecule has 1 N–H and O–H groups in total. The van der Waals surface area contributed by atoms with Crippen LogP contribution < -0.4 is 10.1 Å². The Balaban J connectivity index is 1.65. The lowest BCUT2D eigenvalue weighted by Crippen LogP contribution is -2.53. The fraction of sp³-hybridized carbons (Fsp3) is 0.250. The van der Waals surface area contributed by atoms with Gasteiger partial charge in [-0.05, 0) is 48.1 Å². The van der Waals surface area contributed by atoms with Gasteiger partial charge in [-0.1, -0.05) is 102 Å². The molecule has 0 radical (unpaired) electrons. The lowest BCUT2D eigenvalue weighted by molar-refractivity contribution is -0.143. The third kappa shape index (κ3) is 7.23. The van der Waals surface area contributed by atoms with E-state index in [2.05, 4.69) is 21.2 Å². The number of hydrogen-bond acceptors (Lipinski definition) is 3. The first-order chi connectivity index (χ1) is 18.4. The van der Waals surface area contributed by atoms with Gasteiger partial charge < -0.3 is 15.0 Å². The summed E-state index contributed by atoms with van der Waals surface area (Å²) in [7, 11) is 0. The molecular formula is C32H33BrN2O3. The van der Waals surface area contributed by atoms with Crippen LogP contribution in [0.2, 0.25) is 0 Å². The third-order valence-corrected chi connectivity index (χ3v) is 7.11. The second-order valence-corrected chi connectivity index (χ2v) is 10.4. The van der Waals surface area contributed by atoms with Crippen LogP contribution in [0.3, 0.4) is 0 Å². The van der Waals surface area contributed by atoms with Gasteiger partial charge in [0.15, 0.2) is 6.61 Å². The van der Waals surface area contributed by atoms with E-state index in [0.29, 0.717) is 12.2 Å². The molecule has 5 nitrogen and oxygen atoms in total. The van der Waals surface area contributed by atoms with Crippen LogP contribution in [0.1, 0.15) is 31.4 Å². The molecule has 38 heavy (non-hydrogen) atoms. The number of amides is 2. The first kappa shape index (κ1) is 27.4. The molecule has 0 saturated heterocycles. The standard InChI is InChI=1S/C32H33BrN2O3/c1-3-23(2)34-32(37)29(20-24-11-5-4-6-12-24)35(21-25-13-9-16-27(33)19-25)31(36)22-38-30-18-10-15-26-14-7-8-17-28(26)30/h4-19,23,29H,3,20-22H2,1-2H3,(H,34,37)/t23-,29-/m0/s1. The summed E-state index contributed by atoms with van der Waals surface area (Å²) in [5, 5.41) is 5.08. The number of nitrogens with one attached hydrogen (secondary N) is 1. The van der Waals surface area contributed by atoms with E-state index in [1.165, 1.54) is 0 Å². The molecule has 4 aromatic carbocycles. The van der Waals surface area contributed by atoms with Crippen molar-refractivity contribution in [3.8, 4) is 5.75 Å². The molecular weight excluding hydrogens is 540 g/mol. The highest BCUT2D eigenvalue weighted by Crippen LogP contribution is 2.25. The number of halogens is 1. The molecule has 6 heteroatoms. The van der Waals surface area contributed by atoms with Crippen LogP contribution in [0.15, 0.2) is 102 Å². The van der Waals surface area contributed by atoms with Gasteiger partial charge in [0, 0.05) is 28.9 Å². The van der Waals surface area contributed by atoms with Gasteiger partial charge in [0.2, 0.25) is 5.91 Å². The lowest BCUT2D eigenvalue weighted by atomic mass is 10.0. The summed E-state index contributed by atoms with van der Waals surface area (Å²) >= 11 is 3.53. The molecule has 0 aromatic heterocycles. The zero-order valence-electron chi connectivity index (χ0n) is 21.8. The number of hydrogen-bond donors (Lipinski definition) is 1. The second kappa shape index (κ2) is 13.2. The molecule has 196 valence electrons. The van der Waals surface area contributed by atoms with Crippen molar-refractivity contribution in [2.45, 2.75) is 45.3 Å². The Hall–Kier alpha value is -3.64. The highest BCUT2D eigenvalue weighted by molar-refractivity contribution is 9.10. The Morgan fingerprint density at radius 2 is 1.58 bits per heavy atom. The maximum absolute atomic E-state index is 13.8. The Kier molecular flexibility index (Phi) is 9.55. The molecule has 0 unspecified atom stereocenters. The first-order valence-corrected chi connectivity index (χ1v) is 13.7. The van der Waals surface area contributed by atoms with Crippen LogP contribution in [0.4, 0.5) is 0 Å². The first-order valence-electron chi connectivity index (χ1n) is 12.9. The Bertz CT molecular complexity index is 1370. The van der Waals surface area contributed by atoms with Crippen molar-refractivity contribution in [3.05, 3.63) is 113 Å². The van der Waals surface area contributed by atoms with Gasteiger partial charge in [-0.15, -0.1) is 0 Å². The summed E-state index contributed by atoms with van der Waals surface area (Å²) in [5.74, 6) is 0.220. The van der Waals surface area contributed by atoms with Crippen LogP contribution in [0.25, 0.3) is 10.8 Å². The molecule has 0 bridgehead atoms. The Morgan fingerprint density at radius 3 is 2.34 bits per heavy atom. The normalized spacial score (nSPS) is 12.5. The predicted molar refractivity (Wildman–Crippen MR) is 156 cm³/mol. The lowest BCUT2D eigenvalue weighted by Gasteiger charge is -2.32. The molecule has 0 heterocycles. The van der Waals surface area contributed by atoms with Gasteiger partial charge >= 0.3 is 0 Å². The predicted octanol–water partition coefficient (Wildman–Crippen LogP) is 6.54. The molecule has 0 saturated carbocycles. The SMILES string of the molecule is CC[C@H](C)NC(=O)[C@H](Cc1ccccc1)N(Cc1cccc(Br)c1)C(=O)COc1cccc2ccccc12. The Labute approximate surface area is 232 Å². The van der Waals surface area contributed by atoms with E-state index < -0.39 is 6.04 Å². The molecule has 4 rings (SSSR count). The Morgan fingerprint density at radius 1 is 0.895 bits per heavy atom. The quantitative estimate of drug-likeness (QED) is 0.222. The van der Waals surface area contributed by atoms with E-state index in [9.17, 15) is 9.59 Å². The zero-order valence-corrected chi connectivity index (χ0v) is 23.4. The van der Waals surface area contributed by atoms with Gasteiger partial charge in [0.05, 0.1) is 0 Å². The highest BCUT2D eigenvalue weighted by atomic mass is 79.9. The van der Waals surface area contributed by atoms with Gasteiger partial charge in [-0.2, -0.15) is 0 Å². The fourth-order valence-corrected chi connectivity index (χ4v) is 4.82. The van der Waals surface area contributed by atoms with Crippen LogP contribution in [-0.4, -0.2) is 35.4 Å². The highest BCUT2D eigenvalue weighted by Gasteiger charge is 2.31. The van der Waals surface area contributed by atoms with Crippen LogP contribution in [0.5, 0.6) is 5.75 Å². The minimum Gasteiger partial charge on any atom is -0.483 e. The number of fused-ring (bicyclic) bond motifs is 1. The number of carbonyl (C=O) groups excluding carboxylic acids is 2. The largest absolute Gasteiger partial charge is 0.483 e. The van der Waals surface area contributed by atoms with Crippen molar-refractivity contribution < 1.29 is 14.3 Å². The molecule has 0 aliphatic rings. The monoisotopic (exact) mass is 572 g/mol. The van der Waals surface area contributed by atoms with Crippen LogP contribution in [-0.2, 0) is 22.6 Å². The fourth-order valence-electron chi connectivity index (χ4n) is 4.37. The van der Waals surface area contributed by atoms with E-state index >= 15 is 0 Å². The summed E-state index contributed by atoms with van der Waals surface area (Å²) in [5.41, 5.74) is 1.91. The van der Waals surface area contributed by atoms with E-state index in [0.717, 1.165) is 32.8 Å². The van der Waals surface area contributed by atoms with Crippen molar-refractivity contribution in [1.29, 1.82) is 0 Å². The minimum absolute atomic E-state index is 0.00414. The van der Waals surface area contributed by atoms with Crippen LogP contribution in [0, 0.1) is 0 Å². The van der Waals surface area contributed by atoms with Gasteiger partial charge in [-0.25, -0.2) is 0 Å². The summed E-state index contributed by atoms with van der Waals surface area (Å²) in [6.07, 6.45) is 1.20. The topological polar surface area (TPSA) is 58.6 Å². The van der Waals surface area contributed by atoms with Crippen molar-refractivity contribution in [3.63, 3.8) is 0 Å². The maximum Gasteiger partial charge on any atom is 0.261 e. The van der Waals surface area contributed by atoms with Crippen LogP contribution >= 0.6 is 15.9 Å². The summed E-state index contributed by atoms with van der Waals surface area (Å²) in [4.78, 5) is 29.1.